The Bertz CT molecular complexity index is 894. The molecule has 0 aliphatic heterocycles. The molecule has 1 unspecified atom stereocenters. The molecule has 2 nitrogen and oxygen atoms in total. The molecule has 3 rings (SSSR count). The number of ether oxygens (including phenoxy) is 1. The average Bonchev–Trinajstić information content (AvgIpc) is 2.63. The third-order valence-corrected chi connectivity index (χ3v) is 4.68. The number of halogens is 2. The highest BCUT2D eigenvalue weighted by atomic mass is 19.1. The van der Waals surface area contributed by atoms with Crippen molar-refractivity contribution >= 4 is 21.7 Å². The van der Waals surface area contributed by atoms with Crippen molar-refractivity contribution in [3.05, 3.63) is 47.9 Å². The lowest BCUT2D eigenvalue weighted by atomic mass is 10.0. The molecule has 0 aliphatic rings. The highest BCUT2D eigenvalue weighted by Gasteiger charge is 2.11. The van der Waals surface area contributed by atoms with E-state index >= 15 is 0 Å². The maximum atomic E-state index is 14.4. The summed E-state index contributed by atoms with van der Waals surface area (Å²) >= 11 is 0. The molecule has 1 atom stereocenters. The Morgan fingerprint density at radius 1 is 1.00 bits per heavy atom. The van der Waals surface area contributed by atoms with Gasteiger partial charge in [-0.05, 0) is 48.6 Å². The minimum absolute atomic E-state index is 0.000540. The maximum Gasteiger partial charge on any atom is 0.221 e. The fourth-order valence-electron chi connectivity index (χ4n) is 3.21. The molecule has 1 heterocycles. The summed E-state index contributed by atoms with van der Waals surface area (Å²) in [5.41, 5.74) is 1.68. The number of aromatic nitrogens is 1. The number of aryl methyl sites for hydroxylation is 1. The van der Waals surface area contributed by atoms with Crippen LogP contribution < -0.4 is 4.74 Å². The van der Waals surface area contributed by atoms with Gasteiger partial charge < -0.3 is 4.74 Å². The van der Waals surface area contributed by atoms with Gasteiger partial charge in [-0.25, -0.2) is 9.37 Å². The molecule has 0 amide bonds. The van der Waals surface area contributed by atoms with Crippen molar-refractivity contribution in [2.75, 3.05) is 6.61 Å². The van der Waals surface area contributed by atoms with Gasteiger partial charge in [-0.2, -0.15) is 4.39 Å². The normalized spacial score (nSPS) is 12.6. The highest BCUT2D eigenvalue weighted by molar-refractivity contribution is 6.06. The molecule has 0 bridgehead atoms. The van der Waals surface area contributed by atoms with E-state index in [0.29, 0.717) is 23.1 Å². The van der Waals surface area contributed by atoms with E-state index < -0.39 is 12.1 Å². The van der Waals surface area contributed by atoms with E-state index in [2.05, 4.69) is 11.9 Å². The van der Waals surface area contributed by atoms with Gasteiger partial charge >= 0.3 is 0 Å². The first-order chi connectivity index (χ1) is 12.6. The Morgan fingerprint density at radius 2 is 1.81 bits per heavy atom. The van der Waals surface area contributed by atoms with Crippen molar-refractivity contribution in [2.45, 2.75) is 52.1 Å². The molecule has 1 aromatic heterocycles. The van der Waals surface area contributed by atoms with Gasteiger partial charge in [-0.15, -0.1) is 0 Å². The number of nitrogens with zero attached hydrogens (tertiary/aromatic N) is 1. The van der Waals surface area contributed by atoms with Gasteiger partial charge in [0, 0.05) is 10.8 Å². The number of alkyl halides is 1. The summed E-state index contributed by atoms with van der Waals surface area (Å²) in [5.74, 6) is -0.0548. The van der Waals surface area contributed by atoms with Crippen LogP contribution in [0.3, 0.4) is 0 Å². The number of fused-ring (bicyclic) bond motifs is 3. The summed E-state index contributed by atoms with van der Waals surface area (Å²) in [4.78, 5) is 4.06. The van der Waals surface area contributed by atoms with Gasteiger partial charge in [0.2, 0.25) is 5.95 Å². The van der Waals surface area contributed by atoms with Crippen molar-refractivity contribution in [3.8, 4) is 5.75 Å². The van der Waals surface area contributed by atoms with Crippen molar-refractivity contribution < 1.29 is 13.5 Å². The molecule has 2 aromatic carbocycles. The first-order valence-corrected chi connectivity index (χ1v) is 9.35. The summed E-state index contributed by atoms with van der Waals surface area (Å²) in [6.45, 7) is 4.09. The van der Waals surface area contributed by atoms with Crippen molar-refractivity contribution in [1.82, 2.24) is 4.98 Å². The maximum absolute atomic E-state index is 14.4. The predicted molar refractivity (Wildman–Crippen MR) is 103 cm³/mol. The summed E-state index contributed by atoms with van der Waals surface area (Å²) in [6, 6.07) is 11.0. The lowest BCUT2D eigenvalue weighted by molar-refractivity contribution is 0.184. The Balaban J connectivity index is 1.74. The number of hydrogen-bond acceptors (Lipinski definition) is 2. The van der Waals surface area contributed by atoms with Crippen LogP contribution in [0.25, 0.3) is 21.7 Å². The van der Waals surface area contributed by atoms with Gasteiger partial charge in [0.15, 0.2) is 0 Å². The zero-order valence-corrected chi connectivity index (χ0v) is 15.4. The first-order valence-electron chi connectivity index (χ1n) is 9.35. The second kappa shape index (κ2) is 8.43. The average molecular weight is 357 g/mol. The smallest absolute Gasteiger partial charge is 0.221 e. The zero-order chi connectivity index (χ0) is 18.5. The molecule has 0 spiro atoms. The number of pyridine rings is 1. The highest BCUT2D eigenvalue weighted by Crippen LogP contribution is 2.29. The van der Waals surface area contributed by atoms with Crippen LogP contribution in [-0.2, 0) is 0 Å². The second-order valence-corrected chi connectivity index (χ2v) is 6.89. The SMILES string of the molecule is CCCCCCC(F)COc1ccc2c(c1)c(F)nc1cc(C)ccc12. The lowest BCUT2D eigenvalue weighted by Gasteiger charge is -2.12. The molecule has 0 saturated heterocycles. The summed E-state index contributed by atoms with van der Waals surface area (Å²) < 4.78 is 33.9. The lowest BCUT2D eigenvalue weighted by Crippen LogP contribution is -2.12. The largest absolute Gasteiger partial charge is 0.491 e. The monoisotopic (exact) mass is 357 g/mol. The van der Waals surface area contributed by atoms with E-state index in [1.165, 1.54) is 0 Å². The fraction of sp³-hybridized carbons (Fsp3) is 0.409. The minimum Gasteiger partial charge on any atom is -0.491 e. The molecule has 26 heavy (non-hydrogen) atoms. The predicted octanol–water partition coefficient (Wildman–Crippen LogP) is 6.52. The molecule has 0 saturated carbocycles. The molecule has 4 heteroatoms. The van der Waals surface area contributed by atoms with Crippen LogP contribution in [-0.4, -0.2) is 17.8 Å². The molecule has 0 radical (unpaired) electrons. The first kappa shape index (κ1) is 18.6. The van der Waals surface area contributed by atoms with Crippen LogP contribution in [0.4, 0.5) is 8.78 Å². The third-order valence-electron chi connectivity index (χ3n) is 4.68. The molecule has 0 aliphatic carbocycles. The van der Waals surface area contributed by atoms with Crippen LogP contribution in [0.5, 0.6) is 5.75 Å². The zero-order valence-electron chi connectivity index (χ0n) is 15.4. The van der Waals surface area contributed by atoms with E-state index in [-0.39, 0.29) is 6.61 Å². The van der Waals surface area contributed by atoms with Gasteiger partial charge in [0.25, 0.3) is 0 Å². The number of hydrogen-bond donors (Lipinski definition) is 0. The molecular formula is C22H25F2NO. The van der Waals surface area contributed by atoms with E-state index in [1.807, 2.05) is 31.2 Å². The van der Waals surface area contributed by atoms with Crippen LogP contribution in [0.2, 0.25) is 0 Å². The van der Waals surface area contributed by atoms with E-state index in [9.17, 15) is 8.78 Å². The van der Waals surface area contributed by atoms with E-state index in [4.69, 9.17) is 4.74 Å². The minimum atomic E-state index is -0.995. The van der Waals surface area contributed by atoms with Crippen LogP contribution in [0.1, 0.15) is 44.6 Å². The van der Waals surface area contributed by atoms with Crippen molar-refractivity contribution in [2.24, 2.45) is 0 Å². The molecule has 3 aromatic rings. The summed E-state index contributed by atoms with van der Waals surface area (Å²) in [5, 5.41) is 2.09. The molecular weight excluding hydrogens is 332 g/mol. The van der Waals surface area contributed by atoms with Crippen LogP contribution >= 0.6 is 0 Å². The molecule has 0 N–H and O–H groups in total. The van der Waals surface area contributed by atoms with E-state index in [1.54, 1.807) is 12.1 Å². The molecule has 138 valence electrons. The van der Waals surface area contributed by atoms with Crippen LogP contribution in [0, 0.1) is 12.9 Å². The Hall–Kier alpha value is -2.23. The summed E-state index contributed by atoms with van der Waals surface area (Å²) in [7, 11) is 0. The topological polar surface area (TPSA) is 22.1 Å². The second-order valence-electron chi connectivity index (χ2n) is 6.89. The van der Waals surface area contributed by atoms with E-state index in [0.717, 1.165) is 42.0 Å². The quantitative estimate of drug-likeness (QED) is 0.260. The Labute approximate surface area is 153 Å². The third kappa shape index (κ3) is 4.29. The molecule has 0 fully saturated rings. The van der Waals surface area contributed by atoms with Gasteiger partial charge in [0.1, 0.15) is 18.5 Å². The fourth-order valence-corrected chi connectivity index (χ4v) is 3.21. The van der Waals surface area contributed by atoms with Gasteiger partial charge in [0.05, 0.1) is 5.52 Å². The standard InChI is InChI=1S/C22H25F2NO/c1-3-4-5-6-7-16(23)14-26-17-9-11-18-19-10-8-15(2)12-21(19)25-22(24)20(18)13-17/h8-13,16H,3-7,14H2,1-2H3. The van der Waals surface area contributed by atoms with Crippen molar-refractivity contribution in [1.29, 1.82) is 0 Å². The summed E-state index contributed by atoms with van der Waals surface area (Å²) in [6.07, 6.45) is 3.71. The van der Waals surface area contributed by atoms with Crippen LogP contribution in [0.15, 0.2) is 36.4 Å². The Kier molecular flexibility index (Phi) is 6.02. The number of benzene rings is 2. The number of rotatable bonds is 8. The number of unbranched alkanes of at least 4 members (excludes halogenated alkanes) is 3. The Morgan fingerprint density at radius 3 is 2.62 bits per heavy atom. The van der Waals surface area contributed by atoms with Gasteiger partial charge in [-0.1, -0.05) is 44.7 Å². The van der Waals surface area contributed by atoms with Crippen molar-refractivity contribution in [3.63, 3.8) is 0 Å². The van der Waals surface area contributed by atoms with Gasteiger partial charge in [-0.3, -0.25) is 0 Å².